The first-order valence-electron chi connectivity index (χ1n) is 11.0. The van der Waals surface area contributed by atoms with Crippen molar-refractivity contribution in [1.29, 1.82) is 0 Å². The molecule has 3 rings (SSSR count). The summed E-state index contributed by atoms with van der Waals surface area (Å²) in [5, 5.41) is 0. The molecule has 0 saturated carbocycles. The summed E-state index contributed by atoms with van der Waals surface area (Å²) in [7, 11) is 1.30. The molecule has 0 bridgehead atoms. The number of carbonyl (C=O) groups excluding carboxylic acids is 2. The summed E-state index contributed by atoms with van der Waals surface area (Å²) in [5.74, 6) is -0.633. The van der Waals surface area contributed by atoms with Crippen molar-refractivity contribution >= 4 is 23.7 Å². The first kappa shape index (κ1) is 24.7. The minimum absolute atomic E-state index is 0.0224. The molecule has 0 radical (unpaired) electrons. The highest BCUT2D eigenvalue weighted by Gasteiger charge is 2.29. The van der Waals surface area contributed by atoms with Crippen molar-refractivity contribution in [3.05, 3.63) is 102 Å². The zero-order valence-corrected chi connectivity index (χ0v) is 19.9. The van der Waals surface area contributed by atoms with Crippen LogP contribution in [0.3, 0.4) is 0 Å². The van der Waals surface area contributed by atoms with Crippen LogP contribution in [0, 0.1) is 0 Å². The number of nitrogens with zero attached hydrogens (tertiary/aromatic N) is 1. The molecule has 0 unspecified atom stereocenters. The molecule has 0 aliphatic rings. The van der Waals surface area contributed by atoms with E-state index in [4.69, 9.17) is 18.9 Å². The minimum Gasteiger partial charge on any atom is -0.466 e. The molecular formula is C28H29NO5. The lowest BCUT2D eigenvalue weighted by molar-refractivity contribution is -0.156. The second-order valence-corrected chi connectivity index (χ2v) is 8.64. The van der Waals surface area contributed by atoms with Crippen molar-refractivity contribution < 1.29 is 23.5 Å². The molecule has 6 nitrogen and oxygen atoms in total. The van der Waals surface area contributed by atoms with E-state index in [9.17, 15) is 9.59 Å². The van der Waals surface area contributed by atoms with E-state index < -0.39 is 23.6 Å². The van der Waals surface area contributed by atoms with E-state index in [-0.39, 0.29) is 12.0 Å². The fraction of sp³-hybridized carbons (Fsp3) is 0.250. The van der Waals surface area contributed by atoms with Crippen LogP contribution in [0.4, 0.5) is 0 Å². The van der Waals surface area contributed by atoms with Crippen LogP contribution in [0.5, 0.6) is 0 Å². The Hall–Kier alpha value is -3.93. The van der Waals surface area contributed by atoms with Gasteiger partial charge in [-0.25, -0.2) is 9.59 Å². The Labute approximate surface area is 199 Å². The average molecular weight is 460 g/mol. The summed E-state index contributed by atoms with van der Waals surface area (Å²) in [6.07, 6.45) is 3.04. The van der Waals surface area contributed by atoms with Gasteiger partial charge in [0, 0.05) is 23.1 Å². The van der Waals surface area contributed by atoms with Gasteiger partial charge >= 0.3 is 11.9 Å². The van der Waals surface area contributed by atoms with Crippen LogP contribution in [0.15, 0.2) is 94.0 Å². The molecule has 0 N–H and O–H groups in total. The van der Waals surface area contributed by atoms with E-state index in [1.807, 2.05) is 60.7 Å². The highest BCUT2D eigenvalue weighted by Crippen LogP contribution is 2.21. The van der Waals surface area contributed by atoms with Crippen molar-refractivity contribution in [2.45, 2.75) is 38.8 Å². The largest absolute Gasteiger partial charge is 0.466 e. The molecule has 1 aromatic heterocycles. The summed E-state index contributed by atoms with van der Waals surface area (Å²) in [5.41, 5.74) is 1.84. The third-order valence-electron chi connectivity index (χ3n) is 4.78. The normalized spacial score (nSPS) is 12.5. The second-order valence-electron chi connectivity index (χ2n) is 8.64. The molecule has 176 valence electrons. The number of carbonyl (C=O) groups is 2. The maximum absolute atomic E-state index is 13.3. The molecule has 0 aliphatic heterocycles. The predicted molar refractivity (Wildman–Crippen MR) is 131 cm³/mol. The Bertz CT molecular complexity index is 1100. The molecule has 0 spiro atoms. The van der Waals surface area contributed by atoms with Gasteiger partial charge in [-0.3, -0.25) is 4.99 Å². The van der Waals surface area contributed by atoms with Gasteiger partial charge in [0.1, 0.15) is 11.4 Å². The van der Waals surface area contributed by atoms with E-state index in [1.54, 1.807) is 39.0 Å². The van der Waals surface area contributed by atoms with Crippen molar-refractivity contribution in [1.82, 2.24) is 0 Å². The molecule has 0 saturated heterocycles. The van der Waals surface area contributed by atoms with Gasteiger partial charge in [-0.1, -0.05) is 60.7 Å². The fourth-order valence-corrected chi connectivity index (χ4v) is 3.30. The smallest absolute Gasteiger partial charge is 0.333 e. The topological polar surface area (TPSA) is 78.1 Å². The Kier molecular flexibility index (Phi) is 8.19. The van der Waals surface area contributed by atoms with E-state index in [0.29, 0.717) is 11.5 Å². The number of ether oxygens (including phenoxy) is 2. The maximum Gasteiger partial charge on any atom is 0.333 e. The monoisotopic (exact) mass is 459 g/mol. The number of esters is 2. The van der Waals surface area contributed by atoms with E-state index in [1.165, 1.54) is 13.4 Å². The van der Waals surface area contributed by atoms with Crippen LogP contribution in [0.25, 0.3) is 6.08 Å². The number of hydrogen-bond donors (Lipinski definition) is 0. The van der Waals surface area contributed by atoms with Crippen molar-refractivity contribution in [2.75, 3.05) is 7.11 Å². The van der Waals surface area contributed by atoms with E-state index >= 15 is 0 Å². The molecule has 2 aromatic carbocycles. The van der Waals surface area contributed by atoms with Gasteiger partial charge in [-0.05, 0) is 39.0 Å². The first-order chi connectivity index (χ1) is 16.3. The number of aliphatic imine (C=N–C) groups is 1. The molecular weight excluding hydrogens is 430 g/mol. The Balaban J connectivity index is 2.10. The zero-order valence-electron chi connectivity index (χ0n) is 19.9. The van der Waals surface area contributed by atoms with Gasteiger partial charge in [0.15, 0.2) is 6.04 Å². The molecule has 1 atom stereocenters. The Morgan fingerprint density at radius 2 is 1.53 bits per heavy atom. The summed E-state index contributed by atoms with van der Waals surface area (Å²) >= 11 is 0. The van der Waals surface area contributed by atoms with Gasteiger partial charge in [-0.15, -0.1) is 0 Å². The van der Waals surface area contributed by atoms with Gasteiger partial charge in [-0.2, -0.15) is 0 Å². The standard InChI is InChI=1S/C28H29NO5/c1-28(2,3)34-27(31)24(19-22(26(30)32-4)18-23-16-11-17-33-23)29-25(20-12-7-5-8-13-20)21-14-9-6-10-15-21/h5-18,24H,19H2,1-4H3/b22-18+/t24-/m0/s1. The van der Waals surface area contributed by atoms with Crippen LogP contribution in [-0.2, 0) is 19.1 Å². The van der Waals surface area contributed by atoms with Crippen molar-refractivity contribution in [3.63, 3.8) is 0 Å². The lowest BCUT2D eigenvalue weighted by atomic mass is 10.00. The number of furan rings is 1. The summed E-state index contributed by atoms with van der Waals surface area (Å²) in [6.45, 7) is 5.38. The van der Waals surface area contributed by atoms with Crippen LogP contribution >= 0.6 is 0 Å². The van der Waals surface area contributed by atoms with Gasteiger partial charge in [0.05, 0.1) is 19.1 Å². The van der Waals surface area contributed by atoms with Gasteiger partial charge in [0.2, 0.25) is 0 Å². The van der Waals surface area contributed by atoms with Gasteiger partial charge < -0.3 is 13.9 Å². The van der Waals surface area contributed by atoms with E-state index in [0.717, 1.165) is 11.1 Å². The van der Waals surface area contributed by atoms with Crippen LogP contribution in [0.2, 0.25) is 0 Å². The second kappa shape index (κ2) is 11.3. The Morgan fingerprint density at radius 1 is 0.941 bits per heavy atom. The lowest BCUT2D eigenvalue weighted by Gasteiger charge is -2.23. The number of methoxy groups -OCH3 is 1. The SMILES string of the molecule is COC(=O)/C(=C/c1ccco1)C[C@H](N=C(c1ccccc1)c1ccccc1)C(=O)OC(C)(C)C. The van der Waals surface area contributed by atoms with Crippen molar-refractivity contribution in [2.24, 2.45) is 4.99 Å². The highest BCUT2D eigenvalue weighted by molar-refractivity contribution is 6.13. The number of rotatable bonds is 8. The molecule has 1 heterocycles. The van der Waals surface area contributed by atoms with Gasteiger partial charge in [0.25, 0.3) is 0 Å². The molecule has 34 heavy (non-hydrogen) atoms. The quantitative estimate of drug-likeness (QED) is 0.253. The molecule has 0 amide bonds. The van der Waals surface area contributed by atoms with Crippen molar-refractivity contribution in [3.8, 4) is 0 Å². The number of hydrogen-bond acceptors (Lipinski definition) is 6. The summed E-state index contributed by atoms with van der Waals surface area (Å²) in [4.78, 5) is 30.7. The maximum atomic E-state index is 13.3. The lowest BCUT2D eigenvalue weighted by Crippen LogP contribution is -2.32. The minimum atomic E-state index is -0.991. The fourth-order valence-electron chi connectivity index (χ4n) is 3.30. The molecule has 0 aliphatic carbocycles. The van der Waals surface area contributed by atoms with Crippen LogP contribution < -0.4 is 0 Å². The number of benzene rings is 2. The molecule has 6 heteroatoms. The zero-order chi connectivity index (χ0) is 24.6. The predicted octanol–water partition coefficient (Wildman–Crippen LogP) is 5.47. The van der Waals surface area contributed by atoms with Crippen LogP contribution in [0.1, 0.15) is 44.1 Å². The molecule has 3 aromatic rings. The third kappa shape index (κ3) is 7.04. The van der Waals surface area contributed by atoms with E-state index in [2.05, 4.69) is 0 Å². The van der Waals surface area contributed by atoms with Crippen LogP contribution in [-0.4, -0.2) is 36.4 Å². The summed E-state index contributed by atoms with van der Waals surface area (Å²) < 4.78 is 16.0. The first-order valence-corrected chi connectivity index (χ1v) is 11.0. The highest BCUT2D eigenvalue weighted by atomic mass is 16.6. The summed E-state index contributed by atoms with van der Waals surface area (Å²) in [6, 6.07) is 21.6. The Morgan fingerprint density at radius 3 is 2.00 bits per heavy atom. The molecule has 0 fully saturated rings. The third-order valence-corrected chi connectivity index (χ3v) is 4.78. The average Bonchev–Trinajstić information content (AvgIpc) is 3.33.